The summed E-state index contributed by atoms with van der Waals surface area (Å²) in [5, 5.41) is 1.93. The van der Waals surface area contributed by atoms with Crippen molar-refractivity contribution in [1.29, 1.82) is 0 Å². The average molecular weight is 246 g/mol. The average Bonchev–Trinajstić information content (AvgIpc) is 2.77. The minimum absolute atomic E-state index is 0.0634. The lowest BCUT2D eigenvalue weighted by molar-refractivity contribution is 0.0730. The Balaban J connectivity index is 1.84. The minimum Gasteiger partial charge on any atom is -0.369 e. The molecule has 3 heteroatoms. The van der Waals surface area contributed by atoms with E-state index in [1.807, 2.05) is 48.7 Å². The molecule has 0 amide bonds. The number of rotatable bonds is 5. The summed E-state index contributed by atoms with van der Waals surface area (Å²) in [7, 11) is 0. The first-order valence-corrected chi connectivity index (χ1v) is 6.34. The molecule has 0 radical (unpaired) electrons. The molecule has 0 spiro atoms. The van der Waals surface area contributed by atoms with Crippen LogP contribution in [0.1, 0.15) is 20.8 Å². The molecular formula is C14H14O2S. The Morgan fingerprint density at radius 1 is 1.24 bits per heavy atom. The van der Waals surface area contributed by atoms with Gasteiger partial charge in [0, 0.05) is 0 Å². The second-order valence-electron chi connectivity index (χ2n) is 3.83. The van der Waals surface area contributed by atoms with Gasteiger partial charge in [0.1, 0.15) is 6.61 Å². The van der Waals surface area contributed by atoms with Crippen LogP contribution in [0.25, 0.3) is 0 Å². The highest BCUT2D eigenvalue weighted by molar-refractivity contribution is 7.12. The zero-order valence-corrected chi connectivity index (χ0v) is 10.5. The summed E-state index contributed by atoms with van der Waals surface area (Å²) in [6, 6.07) is 11.8. The highest BCUT2D eigenvalue weighted by atomic mass is 32.1. The molecule has 0 fully saturated rings. The molecule has 0 aliphatic heterocycles. The first-order valence-electron chi connectivity index (χ1n) is 5.46. The van der Waals surface area contributed by atoms with E-state index < -0.39 is 0 Å². The van der Waals surface area contributed by atoms with Crippen molar-refractivity contribution in [3.8, 4) is 0 Å². The zero-order valence-electron chi connectivity index (χ0n) is 9.68. The maximum absolute atomic E-state index is 11.8. The van der Waals surface area contributed by atoms with E-state index in [2.05, 4.69) is 0 Å². The van der Waals surface area contributed by atoms with Crippen molar-refractivity contribution in [1.82, 2.24) is 0 Å². The van der Waals surface area contributed by atoms with Crippen LogP contribution in [0.5, 0.6) is 0 Å². The molecule has 0 N–H and O–H groups in total. The number of ketones is 1. The minimum atomic E-state index is 0.0634. The SMILES string of the molecule is Cc1ccsc1C(=O)COCc1ccccc1. The van der Waals surface area contributed by atoms with E-state index >= 15 is 0 Å². The first-order chi connectivity index (χ1) is 8.27. The van der Waals surface area contributed by atoms with Crippen molar-refractivity contribution in [2.75, 3.05) is 6.61 Å². The van der Waals surface area contributed by atoms with Gasteiger partial charge in [-0.2, -0.15) is 0 Å². The van der Waals surface area contributed by atoms with Gasteiger partial charge in [-0.1, -0.05) is 30.3 Å². The quantitative estimate of drug-likeness (QED) is 0.755. The van der Waals surface area contributed by atoms with Crippen LogP contribution in [0.15, 0.2) is 41.8 Å². The van der Waals surface area contributed by atoms with E-state index in [1.165, 1.54) is 11.3 Å². The Morgan fingerprint density at radius 3 is 2.65 bits per heavy atom. The molecule has 1 aromatic heterocycles. The van der Waals surface area contributed by atoms with Crippen molar-refractivity contribution in [3.63, 3.8) is 0 Å². The monoisotopic (exact) mass is 246 g/mol. The van der Waals surface area contributed by atoms with Crippen molar-refractivity contribution in [2.24, 2.45) is 0 Å². The highest BCUT2D eigenvalue weighted by Gasteiger charge is 2.10. The van der Waals surface area contributed by atoms with Gasteiger partial charge in [-0.25, -0.2) is 0 Å². The number of hydrogen-bond acceptors (Lipinski definition) is 3. The van der Waals surface area contributed by atoms with Crippen LogP contribution in [-0.4, -0.2) is 12.4 Å². The van der Waals surface area contributed by atoms with Crippen LogP contribution in [0.2, 0.25) is 0 Å². The Morgan fingerprint density at radius 2 is 2.00 bits per heavy atom. The zero-order chi connectivity index (χ0) is 12.1. The Bertz CT molecular complexity index is 488. The molecule has 0 aliphatic rings. The Kier molecular flexibility index (Phi) is 4.07. The lowest BCUT2D eigenvalue weighted by Crippen LogP contribution is -2.08. The van der Waals surface area contributed by atoms with Gasteiger partial charge in [0.2, 0.25) is 0 Å². The Labute approximate surface area is 105 Å². The van der Waals surface area contributed by atoms with Gasteiger partial charge in [-0.05, 0) is 29.5 Å². The van der Waals surface area contributed by atoms with Gasteiger partial charge in [-0.15, -0.1) is 11.3 Å². The van der Waals surface area contributed by atoms with Crippen molar-refractivity contribution in [3.05, 3.63) is 57.8 Å². The molecule has 2 aromatic rings. The number of hydrogen-bond donors (Lipinski definition) is 0. The van der Waals surface area contributed by atoms with Crippen LogP contribution in [0.3, 0.4) is 0 Å². The molecule has 1 aromatic carbocycles. The largest absolute Gasteiger partial charge is 0.369 e. The molecule has 0 unspecified atom stereocenters. The van der Waals surface area contributed by atoms with E-state index in [9.17, 15) is 4.79 Å². The number of thiophene rings is 1. The summed E-state index contributed by atoms with van der Waals surface area (Å²) in [4.78, 5) is 12.6. The van der Waals surface area contributed by atoms with Gasteiger partial charge in [0.05, 0.1) is 11.5 Å². The summed E-state index contributed by atoms with van der Waals surface area (Å²) < 4.78 is 5.42. The fraction of sp³-hybridized carbons (Fsp3) is 0.214. The topological polar surface area (TPSA) is 26.3 Å². The van der Waals surface area contributed by atoms with Gasteiger partial charge in [-0.3, -0.25) is 4.79 Å². The van der Waals surface area contributed by atoms with Crippen molar-refractivity contribution >= 4 is 17.1 Å². The van der Waals surface area contributed by atoms with Gasteiger partial charge in [0.25, 0.3) is 0 Å². The molecule has 1 heterocycles. The summed E-state index contributed by atoms with van der Waals surface area (Å²) in [5.41, 5.74) is 2.12. The molecule has 0 saturated carbocycles. The summed E-state index contributed by atoms with van der Waals surface area (Å²) in [5.74, 6) is 0.0634. The van der Waals surface area contributed by atoms with E-state index in [4.69, 9.17) is 4.74 Å². The van der Waals surface area contributed by atoms with Crippen molar-refractivity contribution in [2.45, 2.75) is 13.5 Å². The lowest BCUT2D eigenvalue weighted by atomic mass is 10.2. The van der Waals surface area contributed by atoms with E-state index in [0.717, 1.165) is 16.0 Å². The fourth-order valence-electron chi connectivity index (χ4n) is 1.56. The Hall–Kier alpha value is -1.45. The molecule has 0 bridgehead atoms. The van der Waals surface area contributed by atoms with Crippen LogP contribution < -0.4 is 0 Å². The lowest BCUT2D eigenvalue weighted by Gasteiger charge is -2.03. The second kappa shape index (κ2) is 5.75. The molecule has 0 saturated heterocycles. The maximum Gasteiger partial charge on any atom is 0.198 e. The van der Waals surface area contributed by atoms with Gasteiger partial charge in [0.15, 0.2) is 5.78 Å². The molecule has 0 atom stereocenters. The summed E-state index contributed by atoms with van der Waals surface area (Å²) >= 11 is 1.47. The van der Waals surface area contributed by atoms with Crippen molar-refractivity contribution < 1.29 is 9.53 Å². The third kappa shape index (κ3) is 3.25. The highest BCUT2D eigenvalue weighted by Crippen LogP contribution is 2.16. The first kappa shape index (κ1) is 12.0. The number of ether oxygens (including phenoxy) is 1. The molecule has 17 heavy (non-hydrogen) atoms. The maximum atomic E-state index is 11.8. The van der Waals surface area contributed by atoms with E-state index in [0.29, 0.717) is 6.61 Å². The normalized spacial score (nSPS) is 10.4. The van der Waals surface area contributed by atoms with Crippen LogP contribution in [0, 0.1) is 6.92 Å². The van der Waals surface area contributed by atoms with E-state index in [1.54, 1.807) is 0 Å². The number of carbonyl (C=O) groups excluding carboxylic acids is 1. The number of carbonyl (C=O) groups is 1. The van der Waals surface area contributed by atoms with E-state index in [-0.39, 0.29) is 12.4 Å². The summed E-state index contributed by atoms with van der Waals surface area (Å²) in [6.07, 6.45) is 0. The third-order valence-electron chi connectivity index (χ3n) is 2.46. The number of benzene rings is 1. The number of aryl methyl sites for hydroxylation is 1. The predicted octanol–water partition coefficient (Wildman–Crippen LogP) is 3.46. The van der Waals surface area contributed by atoms with Crippen LogP contribution in [0.4, 0.5) is 0 Å². The predicted molar refractivity (Wildman–Crippen MR) is 69.5 cm³/mol. The standard InChI is InChI=1S/C14H14O2S/c1-11-7-8-17-14(11)13(15)10-16-9-12-5-3-2-4-6-12/h2-8H,9-10H2,1H3. The molecule has 88 valence electrons. The van der Waals surface area contributed by atoms with Gasteiger partial charge < -0.3 is 4.74 Å². The number of Topliss-reactive ketones (excluding diaryl/α,β-unsaturated/α-hetero) is 1. The van der Waals surface area contributed by atoms with Crippen LogP contribution in [-0.2, 0) is 11.3 Å². The fourth-order valence-corrected chi connectivity index (χ4v) is 2.41. The van der Waals surface area contributed by atoms with Crippen LogP contribution >= 0.6 is 11.3 Å². The summed E-state index contributed by atoms with van der Waals surface area (Å²) in [6.45, 7) is 2.58. The molecule has 2 rings (SSSR count). The molecule has 0 aliphatic carbocycles. The molecular weight excluding hydrogens is 232 g/mol. The molecule has 2 nitrogen and oxygen atoms in total. The van der Waals surface area contributed by atoms with Gasteiger partial charge >= 0.3 is 0 Å². The third-order valence-corrected chi connectivity index (χ3v) is 3.52. The smallest absolute Gasteiger partial charge is 0.198 e. The second-order valence-corrected chi connectivity index (χ2v) is 4.75.